The van der Waals surface area contributed by atoms with Crippen LogP contribution in [0.5, 0.6) is 11.5 Å². The summed E-state index contributed by atoms with van der Waals surface area (Å²) in [6.45, 7) is 5.38. The second kappa shape index (κ2) is 6.14. The molecule has 4 nitrogen and oxygen atoms in total. The van der Waals surface area contributed by atoms with Crippen molar-refractivity contribution in [2.24, 2.45) is 0 Å². The van der Waals surface area contributed by atoms with E-state index in [-0.39, 0.29) is 0 Å². The molecule has 0 heterocycles. The molecule has 19 heavy (non-hydrogen) atoms. The van der Waals surface area contributed by atoms with Crippen LogP contribution in [0.3, 0.4) is 0 Å². The second-order valence-electron chi connectivity index (χ2n) is 4.82. The van der Waals surface area contributed by atoms with Crippen molar-refractivity contribution in [3.63, 3.8) is 0 Å². The number of ether oxygens (including phenoxy) is 3. The zero-order chi connectivity index (χ0) is 14.5. The first kappa shape index (κ1) is 14.9. The van der Waals surface area contributed by atoms with Crippen molar-refractivity contribution >= 4 is 5.97 Å². The minimum absolute atomic E-state index is 0.538. The molecule has 0 radical (unpaired) electrons. The molecular weight excluding hydrogens is 244 g/mol. The van der Waals surface area contributed by atoms with Crippen molar-refractivity contribution in [2.75, 3.05) is 14.2 Å². The van der Waals surface area contributed by atoms with E-state index in [4.69, 9.17) is 14.2 Å². The lowest BCUT2D eigenvalue weighted by molar-refractivity contribution is -0.147. The third kappa shape index (κ3) is 4.92. The van der Waals surface area contributed by atoms with Gasteiger partial charge in [-0.2, -0.15) is 0 Å². The molecule has 4 heteroatoms. The fourth-order valence-electron chi connectivity index (χ4n) is 1.34. The van der Waals surface area contributed by atoms with Crippen LogP contribution in [-0.4, -0.2) is 25.8 Å². The summed E-state index contributed by atoms with van der Waals surface area (Å²) in [5.74, 6) is 5.80. The topological polar surface area (TPSA) is 44.8 Å². The first-order chi connectivity index (χ1) is 8.85. The Morgan fingerprint density at radius 1 is 1.11 bits per heavy atom. The summed E-state index contributed by atoms with van der Waals surface area (Å²) in [5.41, 5.74) is 0.118. The average Bonchev–Trinajstić information content (AvgIpc) is 2.33. The SMILES string of the molecule is COc1ccc(C#CC(=O)OC(C)(C)C)cc1OC. The third-order valence-electron chi connectivity index (χ3n) is 2.09. The zero-order valence-electron chi connectivity index (χ0n) is 11.9. The van der Waals surface area contributed by atoms with E-state index >= 15 is 0 Å². The van der Waals surface area contributed by atoms with Crippen molar-refractivity contribution in [1.82, 2.24) is 0 Å². The molecule has 1 aromatic rings. The predicted molar refractivity (Wildman–Crippen MR) is 72.3 cm³/mol. The summed E-state index contributed by atoms with van der Waals surface area (Å²) < 4.78 is 15.4. The van der Waals surface area contributed by atoms with Crippen molar-refractivity contribution < 1.29 is 19.0 Å². The van der Waals surface area contributed by atoms with Crippen molar-refractivity contribution in [1.29, 1.82) is 0 Å². The van der Waals surface area contributed by atoms with Gasteiger partial charge < -0.3 is 14.2 Å². The van der Waals surface area contributed by atoms with E-state index in [0.29, 0.717) is 17.1 Å². The van der Waals surface area contributed by atoms with Gasteiger partial charge in [0.15, 0.2) is 11.5 Å². The molecule has 0 aliphatic rings. The molecule has 0 saturated heterocycles. The summed E-state index contributed by atoms with van der Waals surface area (Å²) in [7, 11) is 3.10. The fraction of sp³-hybridized carbons (Fsp3) is 0.400. The predicted octanol–water partition coefficient (Wildman–Crippen LogP) is 2.40. The van der Waals surface area contributed by atoms with Gasteiger partial charge in [-0.3, -0.25) is 0 Å². The first-order valence-corrected chi connectivity index (χ1v) is 5.83. The Morgan fingerprint density at radius 3 is 2.26 bits per heavy atom. The molecule has 0 atom stereocenters. The number of hydrogen-bond acceptors (Lipinski definition) is 4. The smallest absolute Gasteiger partial charge is 0.385 e. The standard InChI is InChI=1S/C15H18O4/c1-15(2,3)19-14(16)9-7-11-6-8-12(17-4)13(10-11)18-5/h6,8,10H,1-5H3. The molecule has 0 aromatic heterocycles. The largest absolute Gasteiger partial charge is 0.493 e. The third-order valence-corrected chi connectivity index (χ3v) is 2.09. The summed E-state index contributed by atoms with van der Waals surface area (Å²) in [5, 5.41) is 0. The molecule has 0 spiro atoms. The van der Waals surface area contributed by atoms with Crippen LogP contribution in [-0.2, 0) is 9.53 Å². The molecule has 0 bridgehead atoms. The number of rotatable bonds is 2. The molecule has 1 aromatic carbocycles. The lowest BCUT2D eigenvalue weighted by Crippen LogP contribution is -2.22. The molecule has 1 rings (SSSR count). The molecule has 0 fully saturated rings. The summed E-state index contributed by atoms with van der Waals surface area (Å²) in [6, 6.07) is 5.19. The lowest BCUT2D eigenvalue weighted by atomic mass is 10.2. The van der Waals surface area contributed by atoms with Gasteiger partial charge in [-0.15, -0.1) is 0 Å². The van der Waals surface area contributed by atoms with Gasteiger partial charge in [-0.1, -0.05) is 5.92 Å². The van der Waals surface area contributed by atoms with E-state index in [2.05, 4.69) is 11.8 Å². The summed E-state index contributed by atoms with van der Waals surface area (Å²) in [6.07, 6.45) is 0. The quantitative estimate of drug-likeness (QED) is 0.606. The maximum absolute atomic E-state index is 11.5. The average molecular weight is 262 g/mol. The Kier molecular flexibility index (Phi) is 4.82. The van der Waals surface area contributed by atoms with Gasteiger partial charge in [-0.05, 0) is 39.0 Å². The van der Waals surface area contributed by atoms with E-state index in [9.17, 15) is 4.79 Å². The van der Waals surface area contributed by atoms with Crippen LogP contribution in [0.15, 0.2) is 18.2 Å². The summed E-state index contributed by atoms with van der Waals surface area (Å²) in [4.78, 5) is 11.5. The molecule has 0 N–H and O–H groups in total. The lowest BCUT2D eigenvalue weighted by Gasteiger charge is -2.16. The fourth-order valence-corrected chi connectivity index (χ4v) is 1.34. The summed E-state index contributed by atoms with van der Waals surface area (Å²) >= 11 is 0. The Bertz CT molecular complexity index is 515. The van der Waals surface area contributed by atoms with E-state index in [1.54, 1.807) is 53.2 Å². The van der Waals surface area contributed by atoms with E-state index < -0.39 is 11.6 Å². The Balaban J connectivity index is 2.87. The van der Waals surface area contributed by atoms with Gasteiger partial charge in [-0.25, -0.2) is 4.79 Å². The molecule has 102 valence electrons. The van der Waals surface area contributed by atoms with Crippen LogP contribution >= 0.6 is 0 Å². The highest BCUT2D eigenvalue weighted by molar-refractivity contribution is 5.89. The van der Waals surface area contributed by atoms with Crippen molar-refractivity contribution in [2.45, 2.75) is 26.4 Å². The molecule has 0 aliphatic heterocycles. The van der Waals surface area contributed by atoms with Crippen LogP contribution in [0.4, 0.5) is 0 Å². The Labute approximate surface area is 113 Å². The van der Waals surface area contributed by atoms with Gasteiger partial charge in [0.2, 0.25) is 0 Å². The minimum atomic E-state index is -0.553. The van der Waals surface area contributed by atoms with Gasteiger partial charge in [0, 0.05) is 11.5 Å². The maximum Gasteiger partial charge on any atom is 0.385 e. The molecule has 0 unspecified atom stereocenters. The van der Waals surface area contributed by atoms with Gasteiger partial charge in [0.25, 0.3) is 0 Å². The zero-order valence-corrected chi connectivity index (χ0v) is 11.9. The number of methoxy groups -OCH3 is 2. The normalized spacial score (nSPS) is 10.2. The number of carbonyl (C=O) groups is 1. The van der Waals surface area contributed by atoms with Crippen molar-refractivity contribution in [3.05, 3.63) is 23.8 Å². The van der Waals surface area contributed by atoms with Gasteiger partial charge in [0.1, 0.15) is 5.60 Å². The highest BCUT2D eigenvalue weighted by Crippen LogP contribution is 2.27. The highest BCUT2D eigenvalue weighted by Gasteiger charge is 2.14. The van der Waals surface area contributed by atoms with E-state index in [0.717, 1.165) is 0 Å². The number of benzene rings is 1. The number of carbonyl (C=O) groups excluding carboxylic acids is 1. The van der Waals surface area contributed by atoms with E-state index in [1.807, 2.05) is 0 Å². The minimum Gasteiger partial charge on any atom is -0.493 e. The highest BCUT2D eigenvalue weighted by atomic mass is 16.6. The molecule has 0 saturated carbocycles. The van der Waals surface area contributed by atoms with Crippen LogP contribution in [0.2, 0.25) is 0 Å². The molecule has 0 aliphatic carbocycles. The van der Waals surface area contributed by atoms with Gasteiger partial charge in [0.05, 0.1) is 14.2 Å². The monoisotopic (exact) mass is 262 g/mol. The van der Waals surface area contributed by atoms with Crippen LogP contribution in [0.1, 0.15) is 26.3 Å². The number of hydrogen-bond donors (Lipinski definition) is 0. The molecular formula is C15H18O4. The number of esters is 1. The van der Waals surface area contributed by atoms with E-state index in [1.165, 1.54) is 0 Å². The second-order valence-corrected chi connectivity index (χ2v) is 4.82. The Morgan fingerprint density at radius 2 is 1.74 bits per heavy atom. The van der Waals surface area contributed by atoms with Gasteiger partial charge >= 0.3 is 5.97 Å². The van der Waals surface area contributed by atoms with Crippen LogP contribution in [0, 0.1) is 11.8 Å². The van der Waals surface area contributed by atoms with Crippen LogP contribution < -0.4 is 9.47 Å². The first-order valence-electron chi connectivity index (χ1n) is 5.83. The Hall–Kier alpha value is -2.15. The van der Waals surface area contributed by atoms with Crippen LogP contribution in [0.25, 0.3) is 0 Å². The maximum atomic E-state index is 11.5. The molecule has 0 amide bonds. The van der Waals surface area contributed by atoms with Crippen molar-refractivity contribution in [3.8, 4) is 23.3 Å².